The van der Waals surface area contributed by atoms with Crippen molar-refractivity contribution in [2.24, 2.45) is 0 Å². The van der Waals surface area contributed by atoms with Gasteiger partial charge < -0.3 is 0 Å². The summed E-state index contributed by atoms with van der Waals surface area (Å²) in [7, 11) is 0. The van der Waals surface area contributed by atoms with Crippen LogP contribution in [0.5, 0.6) is 0 Å². The van der Waals surface area contributed by atoms with Crippen LogP contribution in [0.3, 0.4) is 0 Å². The van der Waals surface area contributed by atoms with Gasteiger partial charge in [0.05, 0.1) is 17.1 Å². The first-order chi connectivity index (χ1) is 8.61. The van der Waals surface area contributed by atoms with Crippen LogP contribution < -0.4 is 0 Å². The Labute approximate surface area is 112 Å². The van der Waals surface area contributed by atoms with Crippen molar-refractivity contribution in [3.63, 3.8) is 0 Å². The lowest BCUT2D eigenvalue weighted by Gasteiger charge is -2.04. The highest BCUT2D eigenvalue weighted by Gasteiger charge is 2.13. The maximum Gasteiger partial charge on any atom is 0.131 e. The number of halogens is 3. The van der Waals surface area contributed by atoms with Crippen LogP contribution in [0.25, 0.3) is 0 Å². The molecule has 1 aromatic carbocycles. The number of alkyl halides is 1. The van der Waals surface area contributed by atoms with E-state index >= 15 is 0 Å². The normalized spacial score (nSPS) is 12.7. The Morgan fingerprint density at radius 3 is 2.61 bits per heavy atom. The molecule has 1 atom stereocenters. The van der Waals surface area contributed by atoms with E-state index in [4.69, 9.17) is 0 Å². The number of nitrogens with zero attached hydrogens (tertiary/aromatic N) is 3. The Morgan fingerprint density at radius 2 is 2.00 bits per heavy atom. The summed E-state index contributed by atoms with van der Waals surface area (Å²) in [5, 5.41) is 7.83. The van der Waals surface area contributed by atoms with Gasteiger partial charge in [0.1, 0.15) is 11.6 Å². The van der Waals surface area contributed by atoms with Crippen molar-refractivity contribution in [2.45, 2.75) is 24.7 Å². The van der Waals surface area contributed by atoms with E-state index < -0.39 is 11.6 Å². The molecule has 0 spiro atoms. The molecule has 2 aromatic rings. The van der Waals surface area contributed by atoms with Crippen LogP contribution in [-0.4, -0.2) is 15.0 Å². The van der Waals surface area contributed by atoms with Gasteiger partial charge in [-0.25, -0.2) is 13.5 Å². The Hall–Kier alpha value is -1.30. The van der Waals surface area contributed by atoms with Crippen LogP contribution in [0.4, 0.5) is 8.78 Å². The summed E-state index contributed by atoms with van der Waals surface area (Å²) >= 11 is 3.45. The zero-order valence-electron chi connectivity index (χ0n) is 9.78. The van der Waals surface area contributed by atoms with Crippen molar-refractivity contribution < 1.29 is 8.78 Å². The van der Waals surface area contributed by atoms with Gasteiger partial charge in [0.25, 0.3) is 0 Å². The molecular formula is C12H12BrF2N3. The molecule has 1 unspecified atom stereocenters. The fourth-order valence-corrected chi connectivity index (χ4v) is 1.80. The smallest absolute Gasteiger partial charge is 0.131 e. The summed E-state index contributed by atoms with van der Waals surface area (Å²) in [5.41, 5.74) is 0.755. The largest absolute Gasteiger partial charge is 0.248 e. The first-order valence-corrected chi connectivity index (χ1v) is 6.50. The van der Waals surface area contributed by atoms with E-state index in [9.17, 15) is 8.78 Å². The minimum atomic E-state index is -0.571. The van der Waals surface area contributed by atoms with E-state index in [1.54, 1.807) is 6.20 Å². The molecule has 0 N–H and O–H groups in total. The summed E-state index contributed by atoms with van der Waals surface area (Å²) in [6.07, 6.45) is 2.56. The van der Waals surface area contributed by atoms with Gasteiger partial charge in [0.15, 0.2) is 0 Å². The molecule has 0 aliphatic rings. The molecule has 2 rings (SSSR count). The zero-order chi connectivity index (χ0) is 13.1. The lowest BCUT2D eigenvalue weighted by atomic mass is 10.2. The molecule has 0 radical (unpaired) electrons. The molecule has 0 amide bonds. The maximum absolute atomic E-state index is 13.5. The van der Waals surface area contributed by atoms with Crippen LogP contribution in [0.15, 0.2) is 24.4 Å². The zero-order valence-corrected chi connectivity index (χ0v) is 11.4. The van der Waals surface area contributed by atoms with E-state index in [0.717, 1.165) is 12.1 Å². The summed E-state index contributed by atoms with van der Waals surface area (Å²) in [5.74, 6) is -1.14. The predicted octanol–water partition coefficient (Wildman–Crippen LogP) is 3.45. The molecule has 0 bridgehead atoms. The van der Waals surface area contributed by atoms with Gasteiger partial charge in [-0.2, -0.15) is 0 Å². The van der Waals surface area contributed by atoms with Crippen LogP contribution in [-0.2, 0) is 6.54 Å². The fraction of sp³-hybridized carbons (Fsp3) is 0.333. The molecule has 3 nitrogen and oxygen atoms in total. The van der Waals surface area contributed by atoms with E-state index in [-0.39, 0.29) is 16.9 Å². The monoisotopic (exact) mass is 315 g/mol. The van der Waals surface area contributed by atoms with Crippen molar-refractivity contribution in [3.8, 4) is 0 Å². The Bertz CT molecular complexity index is 522. The summed E-state index contributed by atoms with van der Waals surface area (Å²) in [6, 6.07) is 3.80. The van der Waals surface area contributed by atoms with E-state index in [0.29, 0.717) is 0 Å². The molecule has 0 fully saturated rings. The molecular weight excluding hydrogens is 304 g/mol. The molecule has 1 heterocycles. The van der Waals surface area contributed by atoms with E-state index in [2.05, 4.69) is 26.2 Å². The second-order valence-electron chi connectivity index (χ2n) is 3.92. The Balaban J connectivity index is 2.21. The average Bonchev–Trinajstić information content (AvgIpc) is 2.81. The summed E-state index contributed by atoms with van der Waals surface area (Å²) in [4.78, 5) is 0.108. The van der Waals surface area contributed by atoms with Gasteiger partial charge in [-0.15, -0.1) is 5.10 Å². The van der Waals surface area contributed by atoms with Crippen molar-refractivity contribution in [3.05, 3.63) is 47.3 Å². The molecule has 0 saturated carbocycles. The summed E-state index contributed by atoms with van der Waals surface area (Å²) < 4.78 is 28.3. The minimum Gasteiger partial charge on any atom is -0.248 e. The van der Waals surface area contributed by atoms with Gasteiger partial charge >= 0.3 is 0 Å². The van der Waals surface area contributed by atoms with E-state index in [1.165, 1.54) is 22.9 Å². The van der Waals surface area contributed by atoms with Crippen LogP contribution in [0.2, 0.25) is 0 Å². The predicted molar refractivity (Wildman–Crippen MR) is 67.4 cm³/mol. The molecule has 0 aliphatic heterocycles. The lowest BCUT2D eigenvalue weighted by Crippen LogP contribution is -2.05. The number of aromatic nitrogens is 3. The van der Waals surface area contributed by atoms with Crippen LogP contribution in [0.1, 0.15) is 29.4 Å². The second kappa shape index (κ2) is 5.56. The number of hydrogen-bond donors (Lipinski definition) is 0. The first-order valence-electron chi connectivity index (χ1n) is 5.58. The van der Waals surface area contributed by atoms with Crippen LogP contribution in [0, 0.1) is 11.6 Å². The van der Waals surface area contributed by atoms with Gasteiger partial charge in [-0.3, -0.25) is 0 Å². The molecule has 18 heavy (non-hydrogen) atoms. The summed E-state index contributed by atoms with van der Waals surface area (Å²) in [6.45, 7) is 2.05. The van der Waals surface area contributed by atoms with Gasteiger partial charge in [-0.1, -0.05) is 34.1 Å². The molecule has 1 aromatic heterocycles. The van der Waals surface area contributed by atoms with Gasteiger partial charge in [0, 0.05) is 11.8 Å². The molecule has 0 saturated heterocycles. The molecule has 0 aliphatic carbocycles. The lowest BCUT2D eigenvalue weighted by molar-refractivity contribution is 0.528. The van der Waals surface area contributed by atoms with Crippen molar-refractivity contribution in [1.82, 2.24) is 15.0 Å². The average molecular weight is 316 g/mol. The Morgan fingerprint density at radius 1 is 1.33 bits per heavy atom. The highest BCUT2D eigenvalue weighted by Crippen LogP contribution is 2.23. The van der Waals surface area contributed by atoms with Gasteiger partial charge in [-0.05, 0) is 18.6 Å². The quantitative estimate of drug-likeness (QED) is 0.809. The van der Waals surface area contributed by atoms with Gasteiger partial charge in [0.2, 0.25) is 0 Å². The second-order valence-corrected chi connectivity index (χ2v) is 5.02. The SMILES string of the molecule is CCC(Br)c1cn(Cc2c(F)cccc2F)nn1. The van der Waals surface area contributed by atoms with Crippen molar-refractivity contribution >= 4 is 15.9 Å². The maximum atomic E-state index is 13.5. The number of rotatable bonds is 4. The number of hydrogen-bond acceptors (Lipinski definition) is 2. The number of benzene rings is 1. The molecule has 6 heteroatoms. The third kappa shape index (κ3) is 2.75. The standard InChI is InChI=1S/C12H12BrF2N3/c1-2-9(13)12-7-18(17-16-12)6-8-10(14)4-3-5-11(8)15/h3-5,7,9H,2,6H2,1H3. The highest BCUT2D eigenvalue weighted by atomic mass is 79.9. The fourth-order valence-electron chi connectivity index (χ4n) is 1.59. The van der Waals surface area contributed by atoms with E-state index in [1.807, 2.05) is 6.92 Å². The first kappa shape index (κ1) is 13.1. The van der Waals surface area contributed by atoms with Crippen molar-refractivity contribution in [2.75, 3.05) is 0 Å². The van der Waals surface area contributed by atoms with Crippen molar-refractivity contribution in [1.29, 1.82) is 0 Å². The minimum absolute atomic E-state index is 0.00318. The third-order valence-electron chi connectivity index (χ3n) is 2.62. The van der Waals surface area contributed by atoms with Crippen LogP contribution >= 0.6 is 15.9 Å². The topological polar surface area (TPSA) is 30.7 Å². The Kier molecular flexibility index (Phi) is 4.06. The molecule has 96 valence electrons. The highest BCUT2D eigenvalue weighted by molar-refractivity contribution is 9.09. The third-order valence-corrected chi connectivity index (χ3v) is 3.73.